The zero-order valence-corrected chi connectivity index (χ0v) is 13.5. The van der Waals surface area contributed by atoms with E-state index in [0.717, 1.165) is 29.6 Å². The van der Waals surface area contributed by atoms with Gasteiger partial charge in [0.25, 0.3) is 0 Å². The average Bonchev–Trinajstić information content (AvgIpc) is 2.47. The van der Waals surface area contributed by atoms with Gasteiger partial charge in [-0.3, -0.25) is 0 Å². The standard InChI is InChI=1S/C17H24N4/c1-11(2)15-20-16(18-5)13(4)17(21-15)19-10-14-8-6-12(3)7-9-14/h6-9,11H,10H2,1-5H3,(H2,18,19,20,21). The molecule has 2 N–H and O–H groups in total. The van der Waals surface area contributed by atoms with E-state index < -0.39 is 0 Å². The average molecular weight is 284 g/mol. The van der Waals surface area contributed by atoms with Crippen molar-refractivity contribution in [3.05, 3.63) is 46.8 Å². The molecule has 4 nitrogen and oxygen atoms in total. The van der Waals surface area contributed by atoms with Gasteiger partial charge in [0.05, 0.1) is 0 Å². The number of benzene rings is 1. The van der Waals surface area contributed by atoms with Gasteiger partial charge in [0.2, 0.25) is 0 Å². The molecule has 112 valence electrons. The Morgan fingerprint density at radius 3 is 2.19 bits per heavy atom. The maximum atomic E-state index is 4.65. The first kappa shape index (κ1) is 15.3. The van der Waals surface area contributed by atoms with Crippen molar-refractivity contribution in [3.63, 3.8) is 0 Å². The first-order valence-corrected chi connectivity index (χ1v) is 7.37. The van der Waals surface area contributed by atoms with Crippen LogP contribution in [0.1, 0.15) is 42.3 Å². The van der Waals surface area contributed by atoms with E-state index >= 15 is 0 Å². The van der Waals surface area contributed by atoms with Crippen molar-refractivity contribution in [2.75, 3.05) is 17.7 Å². The van der Waals surface area contributed by atoms with Gasteiger partial charge in [-0.25, -0.2) is 9.97 Å². The molecule has 0 radical (unpaired) electrons. The normalized spacial score (nSPS) is 10.8. The summed E-state index contributed by atoms with van der Waals surface area (Å²) in [5.74, 6) is 2.95. The molecule has 0 bridgehead atoms. The minimum Gasteiger partial charge on any atom is -0.373 e. The minimum absolute atomic E-state index is 0.303. The van der Waals surface area contributed by atoms with Crippen molar-refractivity contribution in [1.29, 1.82) is 0 Å². The molecule has 0 atom stereocenters. The zero-order valence-electron chi connectivity index (χ0n) is 13.5. The maximum Gasteiger partial charge on any atom is 0.135 e. The predicted octanol–water partition coefficient (Wildman–Crippen LogP) is 3.87. The van der Waals surface area contributed by atoms with Gasteiger partial charge in [0.1, 0.15) is 17.5 Å². The smallest absolute Gasteiger partial charge is 0.135 e. The molecular weight excluding hydrogens is 260 g/mol. The molecule has 0 spiro atoms. The van der Waals surface area contributed by atoms with E-state index in [-0.39, 0.29) is 0 Å². The van der Waals surface area contributed by atoms with Gasteiger partial charge in [-0.2, -0.15) is 0 Å². The third-order valence-corrected chi connectivity index (χ3v) is 3.50. The summed E-state index contributed by atoms with van der Waals surface area (Å²) in [6, 6.07) is 8.53. The quantitative estimate of drug-likeness (QED) is 0.875. The number of anilines is 2. The number of hydrogen-bond acceptors (Lipinski definition) is 4. The Hall–Kier alpha value is -2.10. The van der Waals surface area contributed by atoms with Gasteiger partial charge in [0, 0.05) is 25.1 Å². The molecule has 4 heteroatoms. The van der Waals surface area contributed by atoms with Gasteiger partial charge < -0.3 is 10.6 Å². The lowest BCUT2D eigenvalue weighted by atomic mass is 10.1. The van der Waals surface area contributed by atoms with E-state index in [2.05, 4.69) is 65.6 Å². The highest BCUT2D eigenvalue weighted by Crippen LogP contribution is 2.23. The second kappa shape index (κ2) is 6.57. The molecule has 1 aromatic carbocycles. The molecule has 1 heterocycles. The lowest BCUT2D eigenvalue weighted by molar-refractivity contribution is 0.773. The molecule has 0 aliphatic heterocycles. The number of nitrogens with zero attached hydrogens (tertiary/aromatic N) is 2. The van der Waals surface area contributed by atoms with E-state index in [4.69, 9.17) is 0 Å². The number of nitrogens with one attached hydrogen (secondary N) is 2. The molecule has 21 heavy (non-hydrogen) atoms. The molecule has 2 rings (SSSR count). The van der Waals surface area contributed by atoms with Crippen molar-refractivity contribution in [2.45, 2.75) is 40.2 Å². The van der Waals surface area contributed by atoms with Crippen molar-refractivity contribution >= 4 is 11.6 Å². The van der Waals surface area contributed by atoms with Crippen molar-refractivity contribution in [3.8, 4) is 0 Å². The number of hydrogen-bond donors (Lipinski definition) is 2. The first-order valence-electron chi connectivity index (χ1n) is 7.37. The molecule has 0 fully saturated rings. The Balaban J connectivity index is 2.22. The van der Waals surface area contributed by atoms with Gasteiger partial charge >= 0.3 is 0 Å². The fourth-order valence-corrected chi connectivity index (χ4v) is 2.10. The highest BCUT2D eigenvalue weighted by Gasteiger charge is 2.12. The monoisotopic (exact) mass is 284 g/mol. The van der Waals surface area contributed by atoms with E-state index in [1.165, 1.54) is 11.1 Å². The summed E-state index contributed by atoms with van der Waals surface area (Å²) in [5, 5.41) is 6.57. The van der Waals surface area contributed by atoms with Crippen molar-refractivity contribution in [1.82, 2.24) is 9.97 Å². The highest BCUT2D eigenvalue weighted by molar-refractivity contribution is 5.57. The lowest BCUT2D eigenvalue weighted by Gasteiger charge is -2.15. The second-order valence-electron chi connectivity index (χ2n) is 5.65. The number of rotatable bonds is 5. The van der Waals surface area contributed by atoms with E-state index in [1.807, 2.05) is 14.0 Å². The zero-order chi connectivity index (χ0) is 15.4. The van der Waals surface area contributed by atoms with Crippen molar-refractivity contribution < 1.29 is 0 Å². The summed E-state index contributed by atoms with van der Waals surface area (Å²) < 4.78 is 0. The topological polar surface area (TPSA) is 49.8 Å². The summed E-state index contributed by atoms with van der Waals surface area (Å²) >= 11 is 0. The van der Waals surface area contributed by atoms with Crippen LogP contribution in [0.25, 0.3) is 0 Å². The predicted molar refractivity (Wildman–Crippen MR) is 88.9 cm³/mol. The Kier molecular flexibility index (Phi) is 4.78. The fraction of sp³-hybridized carbons (Fsp3) is 0.412. The molecule has 0 saturated carbocycles. The molecular formula is C17H24N4. The van der Waals surface area contributed by atoms with E-state index in [0.29, 0.717) is 5.92 Å². The molecule has 1 aromatic heterocycles. The van der Waals surface area contributed by atoms with Crippen LogP contribution in [0.4, 0.5) is 11.6 Å². The Bertz CT molecular complexity index is 603. The Labute approximate surface area is 127 Å². The number of aromatic nitrogens is 2. The van der Waals surface area contributed by atoms with Crippen LogP contribution < -0.4 is 10.6 Å². The first-order chi connectivity index (χ1) is 10.0. The van der Waals surface area contributed by atoms with Crippen molar-refractivity contribution in [2.24, 2.45) is 0 Å². The summed E-state index contributed by atoms with van der Waals surface area (Å²) in [7, 11) is 1.89. The van der Waals surface area contributed by atoms with Crippen LogP contribution in [0, 0.1) is 13.8 Å². The Morgan fingerprint density at radius 2 is 1.62 bits per heavy atom. The summed E-state index contributed by atoms with van der Waals surface area (Å²) in [4.78, 5) is 9.21. The van der Waals surface area contributed by atoms with Crippen LogP contribution >= 0.6 is 0 Å². The van der Waals surface area contributed by atoms with Gasteiger partial charge in [-0.1, -0.05) is 43.7 Å². The summed E-state index contributed by atoms with van der Waals surface area (Å²) in [5.41, 5.74) is 3.57. The van der Waals surface area contributed by atoms with Crippen LogP contribution in [0.3, 0.4) is 0 Å². The second-order valence-corrected chi connectivity index (χ2v) is 5.65. The van der Waals surface area contributed by atoms with E-state index in [9.17, 15) is 0 Å². The molecule has 0 unspecified atom stereocenters. The lowest BCUT2D eigenvalue weighted by Crippen LogP contribution is -2.10. The molecule has 0 aliphatic carbocycles. The Morgan fingerprint density at radius 1 is 1.00 bits per heavy atom. The van der Waals surface area contributed by atoms with Crippen LogP contribution in [-0.2, 0) is 6.54 Å². The largest absolute Gasteiger partial charge is 0.373 e. The van der Waals surface area contributed by atoms with Crippen LogP contribution in [-0.4, -0.2) is 17.0 Å². The highest BCUT2D eigenvalue weighted by atomic mass is 15.1. The molecule has 0 saturated heterocycles. The van der Waals surface area contributed by atoms with Gasteiger partial charge in [0.15, 0.2) is 0 Å². The van der Waals surface area contributed by atoms with E-state index in [1.54, 1.807) is 0 Å². The minimum atomic E-state index is 0.303. The third kappa shape index (κ3) is 3.72. The molecule has 0 aliphatic rings. The van der Waals surface area contributed by atoms with Crippen LogP contribution in [0.2, 0.25) is 0 Å². The van der Waals surface area contributed by atoms with Gasteiger partial charge in [-0.15, -0.1) is 0 Å². The maximum absolute atomic E-state index is 4.65. The SMILES string of the molecule is CNc1nc(C(C)C)nc(NCc2ccc(C)cc2)c1C. The van der Waals surface area contributed by atoms with Crippen LogP contribution in [0.5, 0.6) is 0 Å². The number of aryl methyl sites for hydroxylation is 1. The summed E-state index contributed by atoms with van der Waals surface area (Å²) in [6.07, 6.45) is 0. The third-order valence-electron chi connectivity index (χ3n) is 3.50. The van der Waals surface area contributed by atoms with Gasteiger partial charge in [-0.05, 0) is 19.4 Å². The fourth-order valence-electron chi connectivity index (χ4n) is 2.10. The summed E-state index contributed by atoms with van der Waals surface area (Å²) in [6.45, 7) is 9.11. The van der Waals surface area contributed by atoms with Crippen LogP contribution in [0.15, 0.2) is 24.3 Å². The molecule has 0 amide bonds. The molecule has 2 aromatic rings.